The lowest BCUT2D eigenvalue weighted by molar-refractivity contribution is -0.137. The summed E-state index contributed by atoms with van der Waals surface area (Å²) in [4.78, 5) is 25.2. The molecule has 11 nitrogen and oxygen atoms in total. The minimum atomic E-state index is -1.38. The Balaban J connectivity index is 1.21. The van der Waals surface area contributed by atoms with Crippen molar-refractivity contribution in [3.63, 3.8) is 0 Å². The van der Waals surface area contributed by atoms with Gasteiger partial charge < -0.3 is 30.2 Å². The fraction of sp³-hybridized carbons (Fsp3) is 0.333. The van der Waals surface area contributed by atoms with Crippen molar-refractivity contribution in [2.75, 3.05) is 18.9 Å². The number of amides is 1. The number of hydrogen-bond donors (Lipinski definition) is 4. The van der Waals surface area contributed by atoms with Crippen LogP contribution in [0.3, 0.4) is 0 Å². The maximum atomic E-state index is 12.1. The largest absolute Gasteiger partial charge is 0.387 e. The van der Waals surface area contributed by atoms with Crippen LogP contribution in [0.4, 0.5) is 5.82 Å². The molecule has 1 amide bonds. The van der Waals surface area contributed by atoms with Crippen LogP contribution in [-0.2, 0) is 22.5 Å². The normalized spacial score (nSPS) is 20.6. The number of ether oxygens (including phenoxy) is 1. The van der Waals surface area contributed by atoms with E-state index in [4.69, 9.17) is 4.74 Å². The van der Waals surface area contributed by atoms with Crippen LogP contribution >= 0.6 is 0 Å². The molecule has 0 saturated carbocycles. The lowest BCUT2D eigenvalue weighted by atomic mass is 10.1. The Morgan fingerprint density at radius 2 is 1.88 bits per heavy atom. The van der Waals surface area contributed by atoms with Crippen LogP contribution in [0.25, 0.3) is 22.1 Å². The average Bonchev–Trinajstić information content (AvgIpc) is 3.65. The van der Waals surface area contributed by atoms with E-state index in [9.17, 15) is 15.0 Å². The van der Waals surface area contributed by atoms with Crippen molar-refractivity contribution in [3.8, 4) is 0 Å². The number of nitrogens with zero attached hydrogens (tertiary/aromatic N) is 5. The Labute approximate surface area is 236 Å². The summed E-state index contributed by atoms with van der Waals surface area (Å²) in [5.74, 6) is 0.0274. The highest BCUT2D eigenvalue weighted by atomic mass is 16.6. The highest BCUT2D eigenvalue weighted by Gasteiger charge is 2.47. The van der Waals surface area contributed by atoms with Crippen molar-refractivity contribution in [1.29, 1.82) is 0 Å². The van der Waals surface area contributed by atoms with E-state index in [0.717, 1.165) is 13.0 Å². The van der Waals surface area contributed by atoms with Gasteiger partial charge in [0.15, 0.2) is 29.3 Å². The molecule has 6 rings (SSSR count). The second-order valence-electron chi connectivity index (χ2n) is 10.5. The van der Waals surface area contributed by atoms with Gasteiger partial charge in [-0.3, -0.25) is 9.36 Å². The van der Waals surface area contributed by atoms with E-state index in [1.54, 1.807) is 0 Å². The van der Waals surface area contributed by atoms with Gasteiger partial charge in [-0.05, 0) is 43.0 Å². The highest BCUT2D eigenvalue weighted by molar-refractivity contribution is 5.85. The molecule has 0 bridgehead atoms. The molecule has 1 fully saturated rings. The molecule has 0 spiro atoms. The quantitative estimate of drug-likeness (QED) is 0.229. The Morgan fingerprint density at radius 3 is 2.71 bits per heavy atom. The van der Waals surface area contributed by atoms with E-state index in [-0.39, 0.29) is 0 Å². The lowest BCUT2D eigenvalue weighted by Crippen LogP contribution is -2.41. The molecule has 4 N–H and O–H groups in total. The van der Waals surface area contributed by atoms with E-state index in [0.29, 0.717) is 23.5 Å². The number of carbonyl (C=O) groups excluding carboxylic acids is 1. The molecule has 41 heavy (non-hydrogen) atoms. The summed E-state index contributed by atoms with van der Waals surface area (Å²) < 4.78 is 9.52. The molecule has 1 saturated heterocycles. The van der Waals surface area contributed by atoms with E-state index >= 15 is 0 Å². The Hall–Kier alpha value is -4.32. The van der Waals surface area contributed by atoms with Gasteiger partial charge in [0.1, 0.15) is 18.5 Å². The first-order valence-corrected chi connectivity index (χ1v) is 13.6. The molecule has 5 aromatic rings. The van der Waals surface area contributed by atoms with Crippen LogP contribution in [0.2, 0.25) is 0 Å². The molecule has 4 unspecified atom stereocenters. The number of likely N-dealkylation sites (N-methyl/N-ethyl adjacent to an activating group) is 1. The van der Waals surface area contributed by atoms with Crippen LogP contribution < -0.4 is 10.6 Å². The molecule has 0 radical (unpaired) electrons. The number of fused-ring (bicyclic) bond motifs is 2. The average molecular weight is 556 g/mol. The minimum Gasteiger partial charge on any atom is -0.387 e. The second kappa shape index (κ2) is 10.9. The molecular formula is C30H33N7O4. The number of imidazole rings is 1. The maximum Gasteiger partial charge on any atom is 0.251 e. The zero-order valence-corrected chi connectivity index (χ0v) is 23.2. The minimum absolute atomic E-state index is 0.418. The number of benzene rings is 2. The van der Waals surface area contributed by atoms with Gasteiger partial charge in [-0.15, -0.1) is 0 Å². The number of aromatic nitrogens is 5. The van der Waals surface area contributed by atoms with Crippen molar-refractivity contribution in [3.05, 3.63) is 83.6 Å². The number of para-hydroxylation sites is 1. The van der Waals surface area contributed by atoms with Gasteiger partial charge in [0.2, 0.25) is 0 Å². The lowest BCUT2D eigenvalue weighted by Gasteiger charge is -2.16. The van der Waals surface area contributed by atoms with E-state index < -0.39 is 30.4 Å². The topological polar surface area (TPSA) is 139 Å². The van der Waals surface area contributed by atoms with Crippen LogP contribution in [-0.4, -0.2) is 72.1 Å². The number of carbonyl (C=O) groups is 1. The van der Waals surface area contributed by atoms with Gasteiger partial charge in [-0.2, -0.15) is 0 Å². The van der Waals surface area contributed by atoms with Crippen LogP contribution in [0, 0.1) is 13.8 Å². The summed E-state index contributed by atoms with van der Waals surface area (Å²) in [6.07, 6.45) is 0.931. The number of aryl methyl sites for hydroxylation is 2. The third kappa shape index (κ3) is 4.92. The van der Waals surface area contributed by atoms with Gasteiger partial charge in [0.25, 0.3) is 5.91 Å². The predicted octanol–water partition coefficient (Wildman–Crippen LogP) is 2.47. The van der Waals surface area contributed by atoms with Crippen molar-refractivity contribution < 1.29 is 19.7 Å². The Kier molecular flexibility index (Phi) is 7.16. The number of hydrogen-bond acceptors (Lipinski definition) is 8. The summed E-state index contributed by atoms with van der Waals surface area (Å²) in [5.41, 5.74) is 7.17. The summed E-state index contributed by atoms with van der Waals surface area (Å²) in [6, 6.07) is 15.0. The third-order valence-corrected chi connectivity index (χ3v) is 7.78. The van der Waals surface area contributed by atoms with Crippen LogP contribution in [0.1, 0.15) is 28.5 Å². The Bertz CT molecular complexity index is 1730. The molecule has 1 aliphatic rings. The van der Waals surface area contributed by atoms with E-state index in [2.05, 4.69) is 92.7 Å². The summed E-state index contributed by atoms with van der Waals surface area (Å²) in [6.45, 7) is 5.68. The molecule has 1 aliphatic heterocycles. The second-order valence-corrected chi connectivity index (χ2v) is 10.5. The van der Waals surface area contributed by atoms with Gasteiger partial charge in [0, 0.05) is 37.2 Å². The Morgan fingerprint density at radius 1 is 1.05 bits per heavy atom. The van der Waals surface area contributed by atoms with Crippen molar-refractivity contribution in [1.82, 2.24) is 29.4 Å². The van der Waals surface area contributed by atoms with Crippen molar-refractivity contribution in [2.24, 2.45) is 0 Å². The van der Waals surface area contributed by atoms with Crippen molar-refractivity contribution in [2.45, 2.75) is 51.4 Å². The maximum absolute atomic E-state index is 12.1. The molecule has 11 heteroatoms. The highest BCUT2D eigenvalue weighted by Crippen LogP contribution is 2.32. The van der Waals surface area contributed by atoms with Gasteiger partial charge in [-0.1, -0.05) is 42.0 Å². The number of nitrogens with one attached hydrogen (secondary N) is 2. The standard InChI is InChI=1S/C30H33N7O4/c1-17-8-9-18(2)20(12-17)14-36-13-19(21-6-4-5-7-22(21)36)10-11-32-27-23-28(34-15-33-27)37(16-35-23)30-25(39)24(38)26(41-30)29(40)31-3/h4-9,12-13,15-16,24-26,30,38-39H,10-11,14H2,1-3H3,(H,31,40)(H,32,33,34). The van der Waals surface area contributed by atoms with Gasteiger partial charge >= 0.3 is 0 Å². The zero-order chi connectivity index (χ0) is 28.7. The molecule has 212 valence electrons. The van der Waals surface area contributed by atoms with Gasteiger partial charge in [0.05, 0.1) is 6.33 Å². The third-order valence-electron chi connectivity index (χ3n) is 7.78. The van der Waals surface area contributed by atoms with E-state index in [1.165, 1.54) is 57.4 Å². The first-order valence-electron chi connectivity index (χ1n) is 13.6. The fourth-order valence-electron chi connectivity index (χ4n) is 5.54. The molecule has 4 atom stereocenters. The van der Waals surface area contributed by atoms with Crippen molar-refractivity contribution >= 4 is 33.8 Å². The number of aliphatic hydroxyl groups excluding tert-OH is 2. The first kappa shape index (κ1) is 26.9. The van der Waals surface area contributed by atoms with Crippen LogP contribution in [0.5, 0.6) is 0 Å². The molecule has 0 aliphatic carbocycles. The van der Waals surface area contributed by atoms with Crippen LogP contribution in [0.15, 0.2) is 61.3 Å². The SMILES string of the molecule is CNC(=O)C1OC(n2cnc3c(NCCc4cn(Cc5cc(C)ccc5C)c5ccccc45)ncnc32)C(O)C1O. The number of anilines is 1. The molecule has 2 aromatic carbocycles. The number of rotatable bonds is 8. The number of aliphatic hydroxyl groups is 2. The summed E-state index contributed by atoms with van der Waals surface area (Å²) >= 11 is 0. The molecule has 3 aromatic heterocycles. The van der Waals surface area contributed by atoms with E-state index in [1.807, 2.05) is 0 Å². The molecular weight excluding hydrogens is 522 g/mol. The first-order chi connectivity index (χ1) is 19.9. The van der Waals surface area contributed by atoms with Gasteiger partial charge in [-0.25, -0.2) is 15.0 Å². The summed E-state index contributed by atoms with van der Waals surface area (Å²) in [5, 5.41) is 28.0. The fourth-order valence-corrected chi connectivity index (χ4v) is 5.54. The zero-order valence-electron chi connectivity index (χ0n) is 23.2. The molecule has 4 heterocycles. The monoisotopic (exact) mass is 555 g/mol. The smallest absolute Gasteiger partial charge is 0.251 e. The summed E-state index contributed by atoms with van der Waals surface area (Å²) in [7, 11) is 1.44. The predicted molar refractivity (Wildman–Crippen MR) is 154 cm³/mol.